The highest BCUT2D eigenvalue weighted by Gasteiger charge is 2.32. The molecule has 1 N–H and O–H groups in total. The highest BCUT2D eigenvalue weighted by atomic mass is 79.9. The molecule has 0 unspecified atom stereocenters. The van der Waals surface area contributed by atoms with E-state index >= 15 is 0 Å². The molecule has 0 saturated carbocycles. The average molecular weight is 578 g/mol. The number of fused-ring (bicyclic) bond motifs is 1. The average Bonchev–Trinajstić information content (AvgIpc) is 3.18. The van der Waals surface area contributed by atoms with E-state index in [1.807, 2.05) is 36.4 Å². The van der Waals surface area contributed by atoms with E-state index in [4.69, 9.17) is 4.74 Å². The number of halogens is 2. The summed E-state index contributed by atoms with van der Waals surface area (Å²) in [5.74, 6) is -0.179. The zero-order valence-corrected chi connectivity index (χ0v) is 22.3. The monoisotopic (exact) mass is 577 g/mol. The predicted octanol–water partition coefficient (Wildman–Crippen LogP) is 4.78. The molecule has 1 aliphatic rings. The number of ether oxygens (including phenoxy) is 1. The molecule has 3 aromatic carbocycles. The van der Waals surface area contributed by atoms with Gasteiger partial charge in [0.1, 0.15) is 11.6 Å². The Morgan fingerprint density at radius 2 is 1.86 bits per heavy atom. The predicted molar refractivity (Wildman–Crippen MR) is 146 cm³/mol. The Morgan fingerprint density at radius 3 is 2.57 bits per heavy atom. The van der Waals surface area contributed by atoms with E-state index in [9.17, 15) is 14.0 Å². The maximum absolute atomic E-state index is 13.8. The Bertz CT molecular complexity index is 1710. The number of hydrogen-bond donors (Lipinski definition) is 1. The first kappa shape index (κ1) is 24.9. The summed E-state index contributed by atoms with van der Waals surface area (Å²) in [6, 6.07) is 19.6. The third-order valence-electron chi connectivity index (χ3n) is 5.96. The molecule has 1 aromatic heterocycles. The normalized spacial score (nSPS) is 15.2. The molecule has 0 bridgehead atoms. The van der Waals surface area contributed by atoms with Crippen LogP contribution >= 0.6 is 27.3 Å². The van der Waals surface area contributed by atoms with E-state index in [1.165, 1.54) is 28.0 Å². The zero-order valence-electron chi connectivity index (χ0n) is 19.9. The van der Waals surface area contributed by atoms with Crippen molar-refractivity contribution >= 4 is 44.9 Å². The lowest BCUT2D eigenvalue weighted by atomic mass is 9.95. The number of amides is 1. The first-order valence-corrected chi connectivity index (χ1v) is 12.9. The molecule has 1 atom stereocenters. The number of carbonyl (C=O) groups is 1. The van der Waals surface area contributed by atoms with E-state index in [0.29, 0.717) is 37.6 Å². The van der Waals surface area contributed by atoms with Gasteiger partial charge in [-0.05, 0) is 61.0 Å². The number of methoxy groups -OCH3 is 1. The standard InChI is InChI=1S/C28H21BrFN3O3S/c1-16-24(26(34)32-21-6-4-3-5-7-21)25(17-8-11-20(30)12-9-17)33-27(35)23(37-28(33)31-16)15-18-14-19(29)10-13-22(18)36-2/h3-15,25H,1-2H3,(H,32,34)/b23-15-/t25-/m1/s1. The summed E-state index contributed by atoms with van der Waals surface area (Å²) in [6.07, 6.45) is 1.75. The van der Waals surface area contributed by atoms with Gasteiger partial charge in [0.2, 0.25) is 0 Å². The van der Waals surface area contributed by atoms with Crippen LogP contribution in [0.1, 0.15) is 24.1 Å². The maximum Gasteiger partial charge on any atom is 0.271 e. The maximum atomic E-state index is 13.8. The van der Waals surface area contributed by atoms with Gasteiger partial charge in [0.05, 0.1) is 29.0 Å². The highest BCUT2D eigenvalue weighted by molar-refractivity contribution is 9.10. The molecule has 0 saturated heterocycles. The fourth-order valence-electron chi connectivity index (χ4n) is 4.25. The fourth-order valence-corrected chi connectivity index (χ4v) is 5.67. The number of nitrogens with one attached hydrogen (secondary N) is 1. The molecule has 1 amide bonds. The van der Waals surface area contributed by atoms with Crippen molar-refractivity contribution in [2.45, 2.75) is 13.0 Å². The number of rotatable bonds is 5. The molecule has 6 nitrogen and oxygen atoms in total. The summed E-state index contributed by atoms with van der Waals surface area (Å²) in [7, 11) is 1.57. The second-order valence-corrected chi connectivity index (χ2v) is 10.3. The number of thiazole rings is 1. The van der Waals surface area contributed by atoms with Crippen LogP contribution in [0.5, 0.6) is 5.75 Å². The van der Waals surface area contributed by atoms with Gasteiger partial charge in [0.15, 0.2) is 4.80 Å². The van der Waals surface area contributed by atoms with Crippen LogP contribution in [-0.2, 0) is 4.79 Å². The number of allylic oxidation sites excluding steroid dienone is 1. The number of nitrogens with zero attached hydrogens (tertiary/aromatic N) is 2. The van der Waals surface area contributed by atoms with Crippen LogP contribution < -0.4 is 24.9 Å². The van der Waals surface area contributed by atoms with Crippen LogP contribution in [0.2, 0.25) is 0 Å². The molecule has 0 fully saturated rings. The van der Waals surface area contributed by atoms with Crippen molar-refractivity contribution < 1.29 is 13.9 Å². The molecule has 1 aliphatic heterocycles. The van der Waals surface area contributed by atoms with Crippen LogP contribution in [0.4, 0.5) is 10.1 Å². The van der Waals surface area contributed by atoms with E-state index in [0.717, 1.165) is 10.0 Å². The van der Waals surface area contributed by atoms with Gasteiger partial charge in [0.25, 0.3) is 11.5 Å². The first-order chi connectivity index (χ1) is 17.9. The van der Waals surface area contributed by atoms with Crippen molar-refractivity contribution in [3.05, 3.63) is 125 Å². The summed E-state index contributed by atoms with van der Waals surface area (Å²) >= 11 is 4.69. The first-order valence-electron chi connectivity index (χ1n) is 11.3. The van der Waals surface area contributed by atoms with Crippen molar-refractivity contribution in [2.24, 2.45) is 4.99 Å². The molecule has 0 aliphatic carbocycles. The molecule has 0 radical (unpaired) electrons. The summed E-state index contributed by atoms with van der Waals surface area (Å²) in [5, 5.41) is 2.90. The Labute approximate surface area is 224 Å². The van der Waals surface area contributed by atoms with E-state index in [2.05, 4.69) is 26.2 Å². The van der Waals surface area contributed by atoms with E-state index < -0.39 is 11.9 Å². The third kappa shape index (κ3) is 4.92. The van der Waals surface area contributed by atoms with Crippen LogP contribution in [0, 0.1) is 5.82 Å². The second-order valence-electron chi connectivity index (χ2n) is 8.34. The molecular weight excluding hydrogens is 557 g/mol. The van der Waals surface area contributed by atoms with Crippen LogP contribution in [0.3, 0.4) is 0 Å². The van der Waals surface area contributed by atoms with Gasteiger partial charge < -0.3 is 10.1 Å². The summed E-state index contributed by atoms with van der Waals surface area (Å²) in [4.78, 5) is 32.4. The molecule has 186 valence electrons. The lowest BCUT2D eigenvalue weighted by Crippen LogP contribution is -2.40. The Balaban J connectivity index is 1.69. The SMILES string of the molecule is COc1ccc(Br)cc1/C=c1\sc2n(c1=O)[C@H](c1ccc(F)cc1)C(C(=O)Nc1ccccc1)=C(C)N=2. The number of hydrogen-bond acceptors (Lipinski definition) is 5. The number of carbonyl (C=O) groups excluding carboxylic acids is 1. The van der Waals surface area contributed by atoms with Crippen molar-refractivity contribution in [3.63, 3.8) is 0 Å². The minimum Gasteiger partial charge on any atom is -0.496 e. The van der Waals surface area contributed by atoms with Crippen molar-refractivity contribution in [1.29, 1.82) is 0 Å². The van der Waals surface area contributed by atoms with Gasteiger partial charge in [0, 0.05) is 15.7 Å². The van der Waals surface area contributed by atoms with Gasteiger partial charge in [-0.1, -0.05) is 57.6 Å². The van der Waals surface area contributed by atoms with Crippen LogP contribution in [0.15, 0.2) is 98.3 Å². The zero-order chi connectivity index (χ0) is 26.1. The van der Waals surface area contributed by atoms with E-state index in [-0.39, 0.29) is 11.5 Å². The fraction of sp³-hybridized carbons (Fsp3) is 0.107. The Hall–Kier alpha value is -3.82. The molecule has 2 heterocycles. The number of benzene rings is 3. The largest absolute Gasteiger partial charge is 0.496 e. The Kier molecular flexibility index (Phi) is 6.90. The molecule has 9 heteroatoms. The third-order valence-corrected chi connectivity index (χ3v) is 7.44. The van der Waals surface area contributed by atoms with Gasteiger partial charge in [-0.3, -0.25) is 14.2 Å². The van der Waals surface area contributed by atoms with Crippen LogP contribution in [0.25, 0.3) is 6.08 Å². The van der Waals surface area contributed by atoms with Gasteiger partial charge in [-0.25, -0.2) is 9.38 Å². The lowest BCUT2D eigenvalue weighted by Gasteiger charge is -2.25. The van der Waals surface area contributed by atoms with E-state index in [1.54, 1.807) is 44.4 Å². The number of aromatic nitrogens is 1. The summed E-state index contributed by atoms with van der Waals surface area (Å²) in [5.41, 5.74) is 2.42. The number of anilines is 1. The highest BCUT2D eigenvalue weighted by Crippen LogP contribution is 2.31. The van der Waals surface area contributed by atoms with Crippen molar-refractivity contribution in [1.82, 2.24) is 4.57 Å². The Morgan fingerprint density at radius 1 is 1.14 bits per heavy atom. The number of para-hydroxylation sites is 1. The summed E-state index contributed by atoms with van der Waals surface area (Å²) < 4.78 is 22.0. The van der Waals surface area contributed by atoms with Crippen molar-refractivity contribution in [2.75, 3.05) is 12.4 Å². The lowest BCUT2D eigenvalue weighted by molar-refractivity contribution is -0.113. The van der Waals surface area contributed by atoms with Gasteiger partial charge >= 0.3 is 0 Å². The quantitative estimate of drug-likeness (QED) is 0.371. The molecule has 4 aromatic rings. The topological polar surface area (TPSA) is 72.7 Å². The summed E-state index contributed by atoms with van der Waals surface area (Å²) in [6.45, 7) is 1.74. The molecule has 37 heavy (non-hydrogen) atoms. The smallest absolute Gasteiger partial charge is 0.271 e. The molecular formula is C28H21BrFN3O3S. The minimum atomic E-state index is -0.785. The van der Waals surface area contributed by atoms with Crippen LogP contribution in [-0.4, -0.2) is 17.6 Å². The molecule has 5 rings (SSSR count). The van der Waals surface area contributed by atoms with Crippen molar-refractivity contribution in [3.8, 4) is 5.75 Å². The molecule has 0 spiro atoms. The minimum absolute atomic E-state index is 0.308. The van der Waals surface area contributed by atoms with Gasteiger partial charge in [-0.15, -0.1) is 0 Å². The van der Waals surface area contributed by atoms with Gasteiger partial charge in [-0.2, -0.15) is 0 Å². The second kappa shape index (κ2) is 10.3.